The van der Waals surface area contributed by atoms with Gasteiger partial charge >= 0.3 is 0 Å². The zero-order valence-corrected chi connectivity index (χ0v) is 13.2. The molecule has 0 bridgehead atoms. The molecule has 4 rings (SSSR count). The van der Waals surface area contributed by atoms with Crippen LogP contribution in [0.15, 0.2) is 78.9 Å². The van der Waals surface area contributed by atoms with E-state index < -0.39 is 0 Å². The van der Waals surface area contributed by atoms with Gasteiger partial charge in [0.2, 0.25) is 0 Å². The van der Waals surface area contributed by atoms with Gasteiger partial charge in [-0.05, 0) is 50.9 Å². The van der Waals surface area contributed by atoms with E-state index >= 15 is 0 Å². The molecule has 0 fully saturated rings. The van der Waals surface area contributed by atoms with E-state index in [4.69, 9.17) is 6.42 Å². The molecule has 0 aliphatic carbocycles. The molecule has 4 aromatic carbocycles. The molecule has 0 N–H and O–H groups in total. The first-order valence-electron chi connectivity index (χ1n) is 8.00. The van der Waals surface area contributed by atoms with Gasteiger partial charge in [-0.1, -0.05) is 78.7 Å². The molecule has 0 radical (unpaired) electrons. The molecule has 0 saturated carbocycles. The lowest BCUT2D eigenvalue weighted by atomic mass is 9.96. The maximum absolute atomic E-state index is 5.42. The van der Waals surface area contributed by atoms with E-state index in [2.05, 4.69) is 84.8 Å². The van der Waals surface area contributed by atoms with Crippen LogP contribution in [0, 0.1) is 12.3 Å². The zero-order chi connectivity index (χ0) is 16.4. The quantitative estimate of drug-likeness (QED) is 0.237. The monoisotopic (exact) mass is 304 g/mol. The summed E-state index contributed by atoms with van der Waals surface area (Å²) in [5, 5.41) is 5.07. The molecule has 0 aliphatic rings. The second kappa shape index (κ2) is 6.07. The topological polar surface area (TPSA) is 0 Å². The number of hydrogen-bond donors (Lipinski definition) is 0. The van der Waals surface area contributed by atoms with E-state index in [1.165, 1.54) is 27.1 Å². The van der Waals surface area contributed by atoms with Crippen molar-refractivity contribution in [3.63, 3.8) is 0 Å². The fourth-order valence-corrected chi connectivity index (χ4v) is 3.10. The molecule has 0 unspecified atom stereocenters. The number of benzene rings is 4. The first kappa shape index (κ1) is 14.3. The van der Waals surface area contributed by atoms with Gasteiger partial charge in [-0.3, -0.25) is 0 Å². The van der Waals surface area contributed by atoms with E-state index in [-0.39, 0.29) is 0 Å². The third kappa shape index (κ3) is 2.57. The molecule has 0 heterocycles. The van der Waals surface area contributed by atoms with Crippen molar-refractivity contribution in [1.29, 1.82) is 0 Å². The summed E-state index contributed by atoms with van der Waals surface area (Å²) in [6.07, 6.45) is 9.77. The average molecular weight is 304 g/mol. The summed E-state index contributed by atoms with van der Waals surface area (Å²) in [7, 11) is 0. The summed E-state index contributed by atoms with van der Waals surface area (Å²) in [6, 6.07) is 27.4. The Hall–Kier alpha value is -3.30. The van der Waals surface area contributed by atoms with Gasteiger partial charge < -0.3 is 0 Å². The van der Waals surface area contributed by atoms with Crippen LogP contribution in [-0.2, 0) is 0 Å². The smallest absolute Gasteiger partial charge is 0.0243 e. The van der Waals surface area contributed by atoms with E-state index in [9.17, 15) is 0 Å². The van der Waals surface area contributed by atoms with Crippen LogP contribution in [0.2, 0.25) is 0 Å². The minimum atomic E-state index is 0.905. The van der Waals surface area contributed by atoms with Crippen LogP contribution in [0.4, 0.5) is 0 Å². The molecule has 24 heavy (non-hydrogen) atoms. The highest BCUT2D eigenvalue weighted by atomic mass is 14.1. The Bertz CT molecular complexity index is 1040. The molecule has 0 amide bonds. The summed E-state index contributed by atoms with van der Waals surface area (Å²) >= 11 is 0. The highest BCUT2D eigenvalue weighted by molar-refractivity contribution is 6.07. The lowest BCUT2D eigenvalue weighted by Gasteiger charge is -2.08. The van der Waals surface area contributed by atoms with Gasteiger partial charge in [0.1, 0.15) is 0 Å². The van der Waals surface area contributed by atoms with Gasteiger partial charge in [-0.15, -0.1) is 6.42 Å². The summed E-state index contributed by atoms with van der Waals surface area (Å²) in [5.41, 5.74) is 3.30. The number of hydrogen-bond acceptors (Lipinski definition) is 0. The molecule has 0 aromatic heterocycles. The highest BCUT2D eigenvalue weighted by Gasteiger charge is 2.04. The maximum atomic E-state index is 5.42. The molecular weight excluding hydrogens is 288 g/mol. The lowest BCUT2D eigenvalue weighted by Crippen LogP contribution is -1.83. The Morgan fingerprint density at radius 1 is 0.667 bits per heavy atom. The molecule has 4 aromatic rings. The van der Waals surface area contributed by atoms with Gasteiger partial charge in [0.05, 0.1) is 0 Å². The molecule has 0 aliphatic heterocycles. The van der Waals surface area contributed by atoms with Crippen molar-refractivity contribution < 1.29 is 0 Å². The van der Waals surface area contributed by atoms with Crippen LogP contribution in [0.5, 0.6) is 0 Å². The van der Waals surface area contributed by atoms with Crippen molar-refractivity contribution in [2.24, 2.45) is 0 Å². The van der Waals surface area contributed by atoms with Crippen molar-refractivity contribution in [2.45, 2.75) is 0 Å². The fourth-order valence-electron chi connectivity index (χ4n) is 3.10. The predicted octanol–water partition coefficient (Wildman–Crippen LogP) is 6.14. The first-order chi connectivity index (χ1) is 11.8. The van der Waals surface area contributed by atoms with Gasteiger partial charge in [0.25, 0.3) is 0 Å². The fraction of sp³-hybridized carbons (Fsp3) is 0. The van der Waals surface area contributed by atoms with E-state index in [1.807, 2.05) is 12.1 Å². The second-order valence-electron chi connectivity index (χ2n) is 5.83. The molecule has 0 heteroatoms. The summed E-state index contributed by atoms with van der Waals surface area (Å²) in [6.45, 7) is 0. The van der Waals surface area contributed by atoms with E-state index in [0.29, 0.717) is 0 Å². The summed E-state index contributed by atoms with van der Waals surface area (Å²) < 4.78 is 0. The molecule has 0 atom stereocenters. The standard InChI is InChI=1S/C24H16/c1-2-18-11-13-19(14-12-18)15-16-24-22-9-5-3-7-20(22)17-21-8-4-6-10-23(21)24/h1,3-17H/b16-15+. The van der Waals surface area contributed by atoms with Crippen molar-refractivity contribution in [1.82, 2.24) is 0 Å². The summed E-state index contributed by atoms with van der Waals surface area (Å²) in [5.74, 6) is 2.65. The van der Waals surface area contributed by atoms with Crippen molar-refractivity contribution >= 4 is 33.7 Å². The third-order valence-electron chi connectivity index (χ3n) is 4.33. The van der Waals surface area contributed by atoms with Gasteiger partial charge in [-0.2, -0.15) is 0 Å². The Morgan fingerprint density at radius 3 is 1.83 bits per heavy atom. The van der Waals surface area contributed by atoms with Crippen LogP contribution >= 0.6 is 0 Å². The van der Waals surface area contributed by atoms with E-state index in [0.717, 1.165) is 11.1 Å². The van der Waals surface area contributed by atoms with Crippen molar-refractivity contribution in [2.75, 3.05) is 0 Å². The number of terminal acetylenes is 1. The number of fused-ring (bicyclic) bond motifs is 2. The minimum Gasteiger partial charge on any atom is -0.115 e. The minimum absolute atomic E-state index is 0.905. The van der Waals surface area contributed by atoms with Crippen molar-refractivity contribution in [3.05, 3.63) is 95.6 Å². The zero-order valence-electron chi connectivity index (χ0n) is 13.2. The van der Waals surface area contributed by atoms with Crippen LogP contribution in [0.3, 0.4) is 0 Å². The molecule has 112 valence electrons. The van der Waals surface area contributed by atoms with Crippen LogP contribution in [0.1, 0.15) is 16.7 Å². The van der Waals surface area contributed by atoms with Crippen LogP contribution in [0.25, 0.3) is 33.7 Å². The Kier molecular flexibility index (Phi) is 3.61. The largest absolute Gasteiger partial charge is 0.115 e. The molecule has 0 spiro atoms. The predicted molar refractivity (Wildman–Crippen MR) is 105 cm³/mol. The Labute approximate surface area is 142 Å². The SMILES string of the molecule is C#Cc1ccc(/C=C/c2c3ccccc3cc3ccccc23)cc1. The normalized spacial score (nSPS) is 11.1. The molecule has 0 nitrogen and oxygen atoms in total. The van der Waals surface area contributed by atoms with Gasteiger partial charge in [-0.25, -0.2) is 0 Å². The highest BCUT2D eigenvalue weighted by Crippen LogP contribution is 2.30. The summed E-state index contributed by atoms with van der Waals surface area (Å²) in [4.78, 5) is 0. The van der Waals surface area contributed by atoms with Crippen molar-refractivity contribution in [3.8, 4) is 12.3 Å². The van der Waals surface area contributed by atoms with Crippen LogP contribution < -0.4 is 0 Å². The van der Waals surface area contributed by atoms with Gasteiger partial charge in [0.15, 0.2) is 0 Å². The number of rotatable bonds is 2. The maximum Gasteiger partial charge on any atom is 0.0243 e. The average Bonchev–Trinajstić information content (AvgIpc) is 2.65. The third-order valence-corrected chi connectivity index (χ3v) is 4.33. The second-order valence-corrected chi connectivity index (χ2v) is 5.83. The molecular formula is C24H16. The van der Waals surface area contributed by atoms with E-state index in [1.54, 1.807) is 0 Å². The van der Waals surface area contributed by atoms with Crippen LogP contribution in [-0.4, -0.2) is 0 Å². The Morgan fingerprint density at radius 2 is 1.25 bits per heavy atom. The lowest BCUT2D eigenvalue weighted by molar-refractivity contribution is 1.62. The molecule has 0 saturated heterocycles. The first-order valence-corrected chi connectivity index (χ1v) is 8.00. The Balaban J connectivity index is 1.89. The van der Waals surface area contributed by atoms with Gasteiger partial charge in [0, 0.05) is 5.56 Å².